The molecule has 0 saturated carbocycles. The molecule has 3 nitrogen and oxygen atoms in total. The molecule has 0 aromatic rings. The summed E-state index contributed by atoms with van der Waals surface area (Å²) >= 11 is 1.71. The summed E-state index contributed by atoms with van der Waals surface area (Å²) in [6.07, 6.45) is 4.31. The van der Waals surface area contributed by atoms with Crippen molar-refractivity contribution in [2.24, 2.45) is 0 Å². The first-order valence-corrected chi connectivity index (χ1v) is 6.31. The zero-order valence-corrected chi connectivity index (χ0v) is 10.6. The number of hydrogen-bond acceptors (Lipinski definition) is 4. The van der Waals surface area contributed by atoms with Crippen LogP contribution in [-0.2, 0) is 9.59 Å². The van der Waals surface area contributed by atoms with E-state index in [2.05, 4.69) is 5.32 Å². The molecule has 0 aromatic heterocycles. The van der Waals surface area contributed by atoms with Crippen molar-refractivity contribution in [3.63, 3.8) is 0 Å². The van der Waals surface area contributed by atoms with Crippen molar-refractivity contribution in [2.45, 2.75) is 33.2 Å². The second-order valence-corrected chi connectivity index (χ2v) is 4.51. The molecule has 1 N–H and O–H groups in total. The molecule has 0 unspecified atom stereocenters. The van der Waals surface area contributed by atoms with Crippen molar-refractivity contribution in [1.82, 2.24) is 5.32 Å². The van der Waals surface area contributed by atoms with E-state index in [0.717, 1.165) is 17.9 Å². The van der Waals surface area contributed by atoms with E-state index in [9.17, 15) is 9.59 Å². The van der Waals surface area contributed by atoms with Gasteiger partial charge in [-0.15, -0.1) is 0 Å². The first kappa shape index (κ1) is 14.2. The molecule has 15 heavy (non-hydrogen) atoms. The van der Waals surface area contributed by atoms with Crippen LogP contribution in [-0.4, -0.2) is 29.6 Å². The van der Waals surface area contributed by atoms with E-state index >= 15 is 0 Å². The van der Waals surface area contributed by atoms with Crippen molar-refractivity contribution >= 4 is 23.3 Å². The van der Waals surface area contributed by atoms with Crippen molar-refractivity contribution in [1.29, 1.82) is 0 Å². The molecule has 0 bridgehead atoms. The van der Waals surface area contributed by atoms with Gasteiger partial charge >= 0.3 is 0 Å². The Morgan fingerprint density at radius 2 is 1.93 bits per heavy atom. The third-order valence-corrected chi connectivity index (χ3v) is 2.57. The molecule has 0 amide bonds. The Bertz CT molecular complexity index is 261. The minimum absolute atomic E-state index is 0.00725. The molecule has 1 atom stereocenters. The summed E-state index contributed by atoms with van der Waals surface area (Å²) in [5.41, 5.74) is 0.754. The Morgan fingerprint density at radius 1 is 1.33 bits per heavy atom. The van der Waals surface area contributed by atoms with Gasteiger partial charge in [0.25, 0.3) is 0 Å². The molecule has 0 saturated heterocycles. The van der Waals surface area contributed by atoms with E-state index in [0.29, 0.717) is 0 Å². The van der Waals surface area contributed by atoms with E-state index in [-0.39, 0.29) is 17.6 Å². The number of allylic oxidation sites excluding steroid dienone is 2. The van der Waals surface area contributed by atoms with Crippen molar-refractivity contribution in [3.05, 3.63) is 11.8 Å². The number of hydrogen-bond donors (Lipinski definition) is 1. The summed E-state index contributed by atoms with van der Waals surface area (Å²) in [6, 6.07) is -0.173. The quantitative estimate of drug-likeness (QED) is 0.676. The Kier molecular flexibility index (Phi) is 7.13. The van der Waals surface area contributed by atoms with Gasteiger partial charge in [0, 0.05) is 5.70 Å². The molecule has 0 aliphatic carbocycles. The maximum Gasteiger partial charge on any atom is 0.154 e. The lowest BCUT2D eigenvalue weighted by Crippen LogP contribution is -2.34. The molecule has 0 heterocycles. The van der Waals surface area contributed by atoms with Crippen LogP contribution in [0.4, 0.5) is 0 Å². The van der Waals surface area contributed by atoms with E-state index in [1.165, 1.54) is 13.0 Å². The number of rotatable bonds is 7. The van der Waals surface area contributed by atoms with Gasteiger partial charge in [0.15, 0.2) is 11.6 Å². The van der Waals surface area contributed by atoms with Gasteiger partial charge in [-0.2, -0.15) is 11.8 Å². The molecular formula is C11H19NO2S. The number of Topliss-reactive ketones (excluding diaryl/α,β-unsaturated/α-hetero) is 1. The average molecular weight is 229 g/mol. The Hall–Kier alpha value is -0.770. The summed E-state index contributed by atoms with van der Waals surface area (Å²) in [5, 5.41) is 3.06. The number of nitrogens with one attached hydrogen (secondary N) is 1. The van der Waals surface area contributed by atoms with Crippen LogP contribution < -0.4 is 5.32 Å². The van der Waals surface area contributed by atoms with E-state index < -0.39 is 0 Å². The first-order valence-electron chi connectivity index (χ1n) is 4.92. The van der Waals surface area contributed by atoms with Gasteiger partial charge < -0.3 is 5.32 Å². The zero-order valence-electron chi connectivity index (χ0n) is 9.79. The van der Waals surface area contributed by atoms with Crippen LogP contribution in [0.1, 0.15) is 27.2 Å². The smallest absolute Gasteiger partial charge is 0.154 e. The summed E-state index contributed by atoms with van der Waals surface area (Å²) in [6.45, 7) is 4.87. The third-order valence-electron chi connectivity index (χ3n) is 1.92. The van der Waals surface area contributed by atoms with Crippen molar-refractivity contribution in [2.75, 3.05) is 12.0 Å². The van der Waals surface area contributed by atoms with E-state index in [1.807, 2.05) is 6.26 Å². The highest BCUT2D eigenvalue weighted by atomic mass is 32.2. The van der Waals surface area contributed by atoms with Gasteiger partial charge in [0.05, 0.1) is 6.04 Å². The summed E-state index contributed by atoms with van der Waals surface area (Å²) < 4.78 is 0. The largest absolute Gasteiger partial charge is 0.379 e. The molecular weight excluding hydrogens is 210 g/mol. The lowest BCUT2D eigenvalue weighted by molar-refractivity contribution is -0.119. The fraction of sp³-hybridized carbons (Fsp3) is 0.636. The van der Waals surface area contributed by atoms with Crippen LogP contribution in [0.3, 0.4) is 0 Å². The molecule has 0 aliphatic rings. The second-order valence-electron chi connectivity index (χ2n) is 3.53. The molecule has 0 rings (SSSR count). The van der Waals surface area contributed by atoms with E-state index in [4.69, 9.17) is 0 Å². The average Bonchev–Trinajstić information content (AvgIpc) is 2.10. The summed E-state index contributed by atoms with van der Waals surface area (Å²) in [7, 11) is 0. The van der Waals surface area contributed by atoms with Gasteiger partial charge in [-0.25, -0.2) is 0 Å². The second kappa shape index (κ2) is 7.51. The lowest BCUT2D eigenvalue weighted by Gasteiger charge is -2.16. The fourth-order valence-corrected chi connectivity index (χ4v) is 1.71. The first-order chi connectivity index (χ1) is 6.97. The SMILES string of the molecule is CSCC[C@H](N/C(C)=C/C(C)=O)C(C)=O. The molecule has 4 heteroatoms. The Labute approximate surface area is 95.7 Å². The number of carbonyl (C=O) groups excluding carboxylic acids is 2. The molecule has 0 radical (unpaired) electrons. The van der Waals surface area contributed by atoms with Crippen LogP contribution in [0, 0.1) is 0 Å². The highest BCUT2D eigenvalue weighted by Gasteiger charge is 2.12. The predicted octanol–water partition coefficient (Wildman–Crippen LogP) is 1.78. The van der Waals surface area contributed by atoms with Crippen LogP contribution >= 0.6 is 11.8 Å². The predicted molar refractivity (Wildman–Crippen MR) is 65.0 cm³/mol. The topological polar surface area (TPSA) is 46.2 Å². The normalized spacial score (nSPS) is 13.5. The zero-order chi connectivity index (χ0) is 11.8. The van der Waals surface area contributed by atoms with Gasteiger partial charge in [0.1, 0.15) is 0 Å². The molecule has 0 aliphatic heterocycles. The minimum Gasteiger partial charge on any atom is -0.379 e. The number of ketones is 2. The molecule has 0 fully saturated rings. The Morgan fingerprint density at radius 3 is 2.33 bits per heavy atom. The van der Waals surface area contributed by atoms with Crippen LogP contribution in [0.15, 0.2) is 11.8 Å². The Balaban J connectivity index is 4.28. The highest BCUT2D eigenvalue weighted by molar-refractivity contribution is 7.98. The van der Waals surface area contributed by atoms with Gasteiger partial charge in [-0.05, 0) is 45.3 Å². The van der Waals surface area contributed by atoms with E-state index in [1.54, 1.807) is 25.6 Å². The number of thioether (sulfide) groups is 1. The molecule has 86 valence electrons. The maximum atomic E-state index is 11.3. The van der Waals surface area contributed by atoms with Crippen molar-refractivity contribution in [3.8, 4) is 0 Å². The maximum absolute atomic E-state index is 11.3. The standard InChI is InChI=1S/C11H19NO2S/c1-8(7-9(2)13)12-11(10(3)14)5-6-15-4/h7,11-12H,5-6H2,1-4H3/b8-7+/t11-/m0/s1. The highest BCUT2D eigenvalue weighted by Crippen LogP contribution is 2.03. The van der Waals surface area contributed by atoms with Gasteiger partial charge in [-0.3, -0.25) is 9.59 Å². The number of carbonyl (C=O) groups is 2. The van der Waals surface area contributed by atoms with Crippen molar-refractivity contribution < 1.29 is 9.59 Å². The van der Waals surface area contributed by atoms with Crippen LogP contribution in [0.5, 0.6) is 0 Å². The van der Waals surface area contributed by atoms with Gasteiger partial charge in [-0.1, -0.05) is 0 Å². The monoisotopic (exact) mass is 229 g/mol. The third kappa shape index (κ3) is 7.19. The minimum atomic E-state index is -0.173. The summed E-state index contributed by atoms with van der Waals surface area (Å²) in [4.78, 5) is 22.1. The molecule has 0 spiro atoms. The van der Waals surface area contributed by atoms with Crippen LogP contribution in [0.2, 0.25) is 0 Å². The summed E-state index contributed by atoms with van der Waals surface area (Å²) in [5.74, 6) is 1.04. The van der Waals surface area contributed by atoms with Gasteiger partial charge in [0.2, 0.25) is 0 Å². The fourth-order valence-electron chi connectivity index (χ4n) is 1.23. The molecule has 0 aromatic carbocycles. The van der Waals surface area contributed by atoms with Crippen LogP contribution in [0.25, 0.3) is 0 Å². The lowest BCUT2D eigenvalue weighted by atomic mass is 10.1.